The number of anilines is 1. The number of methoxy groups -OCH3 is 1. The van der Waals surface area contributed by atoms with Gasteiger partial charge in [-0.25, -0.2) is 4.68 Å². The number of hydrogen-bond donors (Lipinski definition) is 1. The van der Waals surface area contributed by atoms with Crippen LogP contribution in [0.1, 0.15) is 31.0 Å². The number of fused-ring (bicyclic) bond motifs is 1. The number of allylic oxidation sites excluding steroid dienone is 2. The van der Waals surface area contributed by atoms with Gasteiger partial charge in [0.1, 0.15) is 11.8 Å². The number of carbonyl (C=O) groups is 1. The number of nitrogens with zero attached hydrogens (tertiary/aromatic N) is 3. The minimum Gasteiger partial charge on any atom is -0.497 e. The predicted molar refractivity (Wildman–Crippen MR) is 114 cm³/mol. The number of Topliss-reactive ketones (excluding diaryl/α,β-unsaturated/α-hetero) is 1. The van der Waals surface area contributed by atoms with Gasteiger partial charge in [0, 0.05) is 17.0 Å². The molecule has 29 heavy (non-hydrogen) atoms. The maximum Gasteiger partial charge on any atom is 0.227 e. The third-order valence-corrected chi connectivity index (χ3v) is 5.74. The van der Waals surface area contributed by atoms with Gasteiger partial charge in [-0.1, -0.05) is 54.2 Å². The Morgan fingerprint density at radius 2 is 2.00 bits per heavy atom. The SMILES string of the molecule is COc1cccc(C2C(C(C)=O)=C(C)Nc3nc(SCc4ccccc4)nn32)c1. The average molecular weight is 407 g/mol. The summed E-state index contributed by atoms with van der Waals surface area (Å²) in [6.45, 7) is 3.49. The van der Waals surface area contributed by atoms with Gasteiger partial charge in [0.25, 0.3) is 0 Å². The standard InChI is InChI=1S/C22H22N4O2S/c1-14-19(15(2)27)20(17-10-7-11-18(12-17)28-3)26-21(23-14)24-22(25-26)29-13-16-8-5-4-6-9-16/h4-12,20H,13H2,1-3H3,(H,23,24,25). The third kappa shape index (κ3) is 3.91. The summed E-state index contributed by atoms with van der Waals surface area (Å²) in [5, 5.41) is 8.64. The van der Waals surface area contributed by atoms with Crippen LogP contribution in [-0.4, -0.2) is 27.7 Å². The molecule has 0 bridgehead atoms. The fraction of sp³-hybridized carbons (Fsp3) is 0.227. The van der Waals surface area contributed by atoms with Gasteiger partial charge in [-0.05, 0) is 37.1 Å². The molecule has 3 aromatic rings. The second-order valence-corrected chi connectivity index (χ2v) is 7.78. The Labute approximate surface area is 174 Å². The summed E-state index contributed by atoms with van der Waals surface area (Å²) in [6, 6.07) is 17.6. The van der Waals surface area contributed by atoms with E-state index in [1.165, 1.54) is 5.56 Å². The predicted octanol–water partition coefficient (Wildman–Crippen LogP) is 4.46. The zero-order valence-electron chi connectivity index (χ0n) is 16.5. The molecule has 0 radical (unpaired) electrons. The Kier molecular flexibility index (Phi) is 5.40. The second kappa shape index (κ2) is 8.13. The van der Waals surface area contributed by atoms with Crippen molar-refractivity contribution in [3.8, 4) is 5.75 Å². The average Bonchev–Trinajstić information content (AvgIpc) is 3.14. The molecule has 0 saturated heterocycles. The number of ether oxygens (including phenoxy) is 1. The van der Waals surface area contributed by atoms with Crippen molar-refractivity contribution in [1.82, 2.24) is 14.8 Å². The number of carbonyl (C=O) groups excluding carboxylic acids is 1. The van der Waals surface area contributed by atoms with Gasteiger partial charge in [-0.3, -0.25) is 4.79 Å². The monoisotopic (exact) mass is 406 g/mol. The number of nitrogens with one attached hydrogen (secondary N) is 1. The largest absolute Gasteiger partial charge is 0.497 e. The van der Waals surface area contributed by atoms with Gasteiger partial charge in [0.05, 0.1) is 7.11 Å². The number of benzene rings is 2. The number of hydrogen-bond acceptors (Lipinski definition) is 6. The number of rotatable bonds is 6. The Hall–Kier alpha value is -3.06. The molecule has 0 spiro atoms. The molecule has 4 rings (SSSR count). The minimum atomic E-state index is -0.350. The van der Waals surface area contributed by atoms with E-state index in [1.54, 1.807) is 30.5 Å². The molecule has 2 aromatic carbocycles. The molecule has 6 nitrogen and oxygen atoms in total. The molecule has 2 heterocycles. The van der Waals surface area contributed by atoms with Crippen LogP contribution in [-0.2, 0) is 10.5 Å². The highest BCUT2D eigenvalue weighted by Crippen LogP contribution is 2.37. The van der Waals surface area contributed by atoms with E-state index in [4.69, 9.17) is 9.84 Å². The summed E-state index contributed by atoms with van der Waals surface area (Å²) < 4.78 is 7.18. The summed E-state index contributed by atoms with van der Waals surface area (Å²) >= 11 is 1.57. The molecular formula is C22H22N4O2S. The second-order valence-electron chi connectivity index (χ2n) is 6.84. The van der Waals surface area contributed by atoms with Gasteiger partial charge in [-0.15, -0.1) is 5.10 Å². The number of thioether (sulfide) groups is 1. The van der Waals surface area contributed by atoms with Crippen molar-refractivity contribution < 1.29 is 9.53 Å². The third-order valence-electron chi connectivity index (χ3n) is 4.83. The van der Waals surface area contributed by atoms with Crippen molar-refractivity contribution in [1.29, 1.82) is 0 Å². The van der Waals surface area contributed by atoms with Crippen LogP contribution >= 0.6 is 11.8 Å². The van der Waals surface area contributed by atoms with Gasteiger partial charge in [0.2, 0.25) is 11.1 Å². The molecule has 0 aliphatic carbocycles. The van der Waals surface area contributed by atoms with Crippen molar-refractivity contribution in [3.05, 3.63) is 77.0 Å². The number of ketones is 1. The lowest BCUT2D eigenvalue weighted by atomic mass is 9.93. The molecule has 0 amide bonds. The van der Waals surface area contributed by atoms with Crippen molar-refractivity contribution in [3.63, 3.8) is 0 Å². The topological polar surface area (TPSA) is 69.0 Å². The smallest absolute Gasteiger partial charge is 0.227 e. The molecule has 0 saturated carbocycles. The van der Waals surface area contributed by atoms with Gasteiger partial charge in [0.15, 0.2) is 5.78 Å². The molecule has 1 aliphatic rings. The summed E-state index contributed by atoms with van der Waals surface area (Å²) in [4.78, 5) is 17.1. The van der Waals surface area contributed by atoms with Crippen molar-refractivity contribution in [2.24, 2.45) is 0 Å². The molecule has 7 heteroatoms. The van der Waals surface area contributed by atoms with E-state index in [9.17, 15) is 4.79 Å². The minimum absolute atomic E-state index is 0.00228. The lowest BCUT2D eigenvalue weighted by Gasteiger charge is -2.28. The quantitative estimate of drug-likeness (QED) is 0.610. The summed E-state index contributed by atoms with van der Waals surface area (Å²) in [5.74, 6) is 2.15. The fourth-order valence-electron chi connectivity index (χ4n) is 3.49. The van der Waals surface area contributed by atoms with E-state index in [0.29, 0.717) is 16.7 Å². The van der Waals surface area contributed by atoms with E-state index in [2.05, 4.69) is 22.4 Å². The molecule has 1 unspecified atom stereocenters. The summed E-state index contributed by atoms with van der Waals surface area (Å²) in [5.41, 5.74) is 3.61. The molecule has 1 atom stereocenters. The van der Waals surface area contributed by atoms with E-state index in [0.717, 1.165) is 22.8 Å². The molecule has 0 fully saturated rings. The highest BCUT2D eigenvalue weighted by Gasteiger charge is 2.32. The van der Waals surface area contributed by atoms with Crippen LogP contribution in [0.3, 0.4) is 0 Å². The van der Waals surface area contributed by atoms with Crippen LogP contribution in [0, 0.1) is 0 Å². The van der Waals surface area contributed by atoms with Crippen LogP contribution in [0.4, 0.5) is 5.95 Å². The van der Waals surface area contributed by atoms with Gasteiger partial charge < -0.3 is 10.1 Å². The first kappa shape index (κ1) is 19.3. The Morgan fingerprint density at radius 1 is 1.21 bits per heavy atom. The van der Waals surface area contributed by atoms with E-state index in [1.807, 2.05) is 49.4 Å². The van der Waals surface area contributed by atoms with Gasteiger partial charge in [-0.2, -0.15) is 4.98 Å². The Morgan fingerprint density at radius 3 is 2.72 bits per heavy atom. The van der Waals surface area contributed by atoms with E-state index < -0.39 is 0 Å². The zero-order chi connectivity index (χ0) is 20.4. The Bertz CT molecular complexity index is 1080. The molecule has 1 aliphatic heterocycles. The van der Waals surface area contributed by atoms with Crippen molar-refractivity contribution in [2.45, 2.75) is 30.8 Å². The van der Waals surface area contributed by atoms with Crippen LogP contribution in [0.25, 0.3) is 0 Å². The van der Waals surface area contributed by atoms with Crippen LogP contribution in [0.5, 0.6) is 5.75 Å². The molecule has 148 valence electrons. The lowest BCUT2D eigenvalue weighted by molar-refractivity contribution is -0.114. The van der Waals surface area contributed by atoms with Crippen LogP contribution in [0.15, 0.2) is 71.0 Å². The zero-order valence-corrected chi connectivity index (χ0v) is 17.4. The first-order chi connectivity index (χ1) is 14.1. The number of aromatic nitrogens is 3. The highest BCUT2D eigenvalue weighted by molar-refractivity contribution is 7.98. The van der Waals surface area contributed by atoms with Crippen molar-refractivity contribution >= 4 is 23.5 Å². The van der Waals surface area contributed by atoms with Crippen LogP contribution < -0.4 is 10.1 Å². The fourth-order valence-corrected chi connectivity index (χ4v) is 4.28. The van der Waals surface area contributed by atoms with Crippen LogP contribution in [0.2, 0.25) is 0 Å². The van der Waals surface area contributed by atoms with E-state index >= 15 is 0 Å². The highest BCUT2D eigenvalue weighted by atomic mass is 32.2. The maximum absolute atomic E-state index is 12.5. The molecule has 1 N–H and O–H groups in total. The van der Waals surface area contributed by atoms with Crippen molar-refractivity contribution in [2.75, 3.05) is 12.4 Å². The first-order valence-corrected chi connectivity index (χ1v) is 10.3. The summed E-state index contributed by atoms with van der Waals surface area (Å²) in [7, 11) is 1.63. The molecular weight excluding hydrogens is 384 g/mol. The lowest BCUT2D eigenvalue weighted by Crippen LogP contribution is -2.27. The molecule has 1 aromatic heterocycles. The van der Waals surface area contributed by atoms with E-state index in [-0.39, 0.29) is 11.8 Å². The van der Waals surface area contributed by atoms with Gasteiger partial charge >= 0.3 is 0 Å². The maximum atomic E-state index is 12.5. The Balaban J connectivity index is 1.71. The normalized spacial score (nSPS) is 15.6. The first-order valence-electron chi connectivity index (χ1n) is 9.32. The summed E-state index contributed by atoms with van der Waals surface area (Å²) in [6.07, 6.45) is 0.